The molecular weight excluding hydrogens is 246 g/mol. The maximum atomic E-state index is 11.6. The van der Waals surface area contributed by atoms with Gasteiger partial charge in [-0.1, -0.05) is 6.07 Å². The van der Waals surface area contributed by atoms with E-state index in [1.165, 1.54) is 0 Å². The van der Waals surface area contributed by atoms with Crippen LogP contribution in [0.2, 0.25) is 0 Å². The van der Waals surface area contributed by atoms with Crippen molar-refractivity contribution >= 4 is 6.03 Å². The van der Waals surface area contributed by atoms with Crippen molar-refractivity contribution in [2.24, 2.45) is 0 Å². The van der Waals surface area contributed by atoms with Crippen molar-refractivity contribution in [3.05, 3.63) is 23.9 Å². The summed E-state index contributed by atoms with van der Waals surface area (Å²) in [5.41, 5.74) is 0.845. The second-order valence-corrected chi connectivity index (χ2v) is 4.37. The molecule has 2 amide bonds. The number of rotatable bonds is 5. The quantitative estimate of drug-likeness (QED) is 0.835. The number of methoxy groups -OCH3 is 1. The van der Waals surface area contributed by atoms with Crippen molar-refractivity contribution in [2.75, 3.05) is 20.3 Å². The Labute approximate surface area is 112 Å². The van der Waals surface area contributed by atoms with Gasteiger partial charge in [0.2, 0.25) is 5.88 Å². The Morgan fingerprint density at radius 3 is 3.21 bits per heavy atom. The van der Waals surface area contributed by atoms with E-state index in [1.54, 1.807) is 13.3 Å². The average Bonchev–Trinajstić information content (AvgIpc) is 2.96. The molecule has 1 aliphatic rings. The highest BCUT2D eigenvalue weighted by molar-refractivity contribution is 5.73. The minimum atomic E-state index is -0.207. The van der Waals surface area contributed by atoms with Crippen LogP contribution in [0.4, 0.5) is 4.79 Å². The van der Waals surface area contributed by atoms with Crippen molar-refractivity contribution < 1.29 is 14.3 Å². The van der Waals surface area contributed by atoms with Crippen LogP contribution in [-0.4, -0.2) is 37.4 Å². The van der Waals surface area contributed by atoms with E-state index in [0.717, 1.165) is 25.0 Å². The zero-order valence-electron chi connectivity index (χ0n) is 11.0. The Morgan fingerprint density at radius 2 is 2.47 bits per heavy atom. The number of ether oxygens (including phenoxy) is 2. The van der Waals surface area contributed by atoms with Gasteiger partial charge in [0.25, 0.3) is 0 Å². The molecule has 1 aromatic rings. The van der Waals surface area contributed by atoms with Gasteiger partial charge in [-0.2, -0.15) is 0 Å². The minimum absolute atomic E-state index is 0.152. The van der Waals surface area contributed by atoms with Crippen LogP contribution >= 0.6 is 0 Å². The summed E-state index contributed by atoms with van der Waals surface area (Å²) >= 11 is 0. The number of hydrogen-bond acceptors (Lipinski definition) is 4. The van der Waals surface area contributed by atoms with Gasteiger partial charge in [-0.05, 0) is 18.9 Å². The number of aromatic nitrogens is 1. The SMILES string of the molecule is COc1ncccc1CNC(=O)NCC1CCCO1. The number of amides is 2. The first-order valence-corrected chi connectivity index (χ1v) is 6.41. The Hall–Kier alpha value is -1.82. The lowest BCUT2D eigenvalue weighted by molar-refractivity contribution is 0.111. The largest absolute Gasteiger partial charge is 0.481 e. The van der Waals surface area contributed by atoms with E-state index in [9.17, 15) is 4.79 Å². The molecule has 1 aliphatic heterocycles. The topological polar surface area (TPSA) is 72.5 Å². The molecule has 1 fully saturated rings. The maximum Gasteiger partial charge on any atom is 0.315 e. The molecule has 6 nitrogen and oxygen atoms in total. The summed E-state index contributed by atoms with van der Waals surface area (Å²) in [6.07, 6.45) is 3.89. The van der Waals surface area contributed by atoms with Gasteiger partial charge in [0, 0.05) is 31.5 Å². The number of urea groups is 1. The van der Waals surface area contributed by atoms with Crippen LogP contribution in [0.3, 0.4) is 0 Å². The lowest BCUT2D eigenvalue weighted by Crippen LogP contribution is -2.39. The van der Waals surface area contributed by atoms with Gasteiger partial charge in [-0.15, -0.1) is 0 Å². The maximum absolute atomic E-state index is 11.6. The predicted molar refractivity (Wildman–Crippen MR) is 70.0 cm³/mol. The van der Waals surface area contributed by atoms with Gasteiger partial charge in [-0.25, -0.2) is 9.78 Å². The van der Waals surface area contributed by atoms with E-state index in [2.05, 4.69) is 15.6 Å². The predicted octanol–water partition coefficient (Wildman–Crippen LogP) is 1.07. The van der Waals surface area contributed by atoms with Gasteiger partial charge in [0.1, 0.15) is 0 Å². The van der Waals surface area contributed by atoms with E-state index >= 15 is 0 Å². The third-order valence-electron chi connectivity index (χ3n) is 3.00. The highest BCUT2D eigenvalue weighted by Crippen LogP contribution is 2.13. The molecule has 0 bridgehead atoms. The van der Waals surface area contributed by atoms with E-state index in [4.69, 9.17) is 9.47 Å². The standard InChI is InChI=1S/C13H19N3O3/c1-18-12-10(4-2-6-14-12)8-15-13(17)16-9-11-5-3-7-19-11/h2,4,6,11H,3,5,7-9H2,1H3,(H2,15,16,17). The van der Waals surface area contributed by atoms with Crippen molar-refractivity contribution in [2.45, 2.75) is 25.5 Å². The van der Waals surface area contributed by atoms with Crippen molar-refractivity contribution in [1.29, 1.82) is 0 Å². The molecule has 0 radical (unpaired) electrons. The molecule has 0 saturated carbocycles. The number of carbonyl (C=O) groups is 1. The van der Waals surface area contributed by atoms with Gasteiger partial charge in [-0.3, -0.25) is 0 Å². The number of pyridine rings is 1. The summed E-state index contributed by atoms with van der Waals surface area (Å²) in [5, 5.41) is 5.57. The Morgan fingerprint density at radius 1 is 1.58 bits per heavy atom. The summed E-state index contributed by atoms with van der Waals surface area (Å²) in [7, 11) is 1.56. The second kappa shape index (κ2) is 6.94. The van der Waals surface area contributed by atoms with E-state index in [1.807, 2.05) is 12.1 Å². The van der Waals surface area contributed by atoms with E-state index in [0.29, 0.717) is 19.0 Å². The minimum Gasteiger partial charge on any atom is -0.481 e. The van der Waals surface area contributed by atoms with Crippen LogP contribution in [0.5, 0.6) is 5.88 Å². The number of nitrogens with one attached hydrogen (secondary N) is 2. The van der Waals surface area contributed by atoms with Crippen LogP contribution in [-0.2, 0) is 11.3 Å². The fourth-order valence-electron chi connectivity index (χ4n) is 1.99. The van der Waals surface area contributed by atoms with E-state index < -0.39 is 0 Å². The molecule has 0 spiro atoms. The monoisotopic (exact) mass is 265 g/mol. The molecule has 0 aromatic carbocycles. The fraction of sp³-hybridized carbons (Fsp3) is 0.538. The molecule has 2 rings (SSSR count). The molecule has 1 atom stereocenters. The number of carbonyl (C=O) groups excluding carboxylic acids is 1. The average molecular weight is 265 g/mol. The Balaban J connectivity index is 1.73. The fourth-order valence-corrected chi connectivity index (χ4v) is 1.99. The van der Waals surface area contributed by atoms with Gasteiger partial charge in [0.15, 0.2) is 0 Å². The lowest BCUT2D eigenvalue weighted by atomic mass is 10.2. The van der Waals surface area contributed by atoms with Crippen LogP contribution in [0, 0.1) is 0 Å². The third kappa shape index (κ3) is 4.10. The molecule has 6 heteroatoms. The Bertz CT molecular complexity index is 419. The first kappa shape index (κ1) is 13.6. The van der Waals surface area contributed by atoms with Crippen LogP contribution < -0.4 is 15.4 Å². The van der Waals surface area contributed by atoms with Crippen molar-refractivity contribution in [3.63, 3.8) is 0 Å². The molecule has 1 saturated heterocycles. The van der Waals surface area contributed by atoms with Gasteiger partial charge < -0.3 is 20.1 Å². The molecule has 2 N–H and O–H groups in total. The molecule has 0 aliphatic carbocycles. The summed E-state index contributed by atoms with van der Waals surface area (Å²) < 4.78 is 10.5. The highest BCUT2D eigenvalue weighted by Gasteiger charge is 2.16. The van der Waals surface area contributed by atoms with Crippen LogP contribution in [0.1, 0.15) is 18.4 Å². The van der Waals surface area contributed by atoms with Crippen LogP contribution in [0.15, 0.2) is 18.3 Å². The zero-order valence-corrected chi connectivity index (χ0v) is 11.0. The molecule has 19 heavy (non-hydrogen) atoms. The summed E-state index contributed by atoms with van der Waals surface area (Å²) in [6.45, 7) is 1.73. The first-order chi connectivity index (χ1) is 9.29. The molecule has 1 unspecified atom stereocenters. The summed E-state index contributed by atoms with van der Waals surface area (Å²) in [5.74, 6) is 0.530. The molecular formula is C13H19N3O3. The third-order valence-corrected chi connectivity index (χ3v) is 3.00. The Kier molecular flexibility index (Phi) is 4.97. The summed E-state index contributed by atoms with van der Waals surface area (Å²) in [4.78, 5) is 15.7. The molecule has 104 valence electrons. The second-order valence-electron chi connectivity index (χ2n) is 4.37. The van der Waals surface area contributed by atoms with Crippen LogP contribution in [0.25, 0.3) is 0 Å². The van der Waals surface area contributed by atoms with Crippen molar-refractivity contribution in [1.82, 2.24) is 15.6 Å². The normalized spacial score (nSPS) is 18.1. The van der Waals surface area contributed by atoms with Crippen molar-refractivity contribution in [3.8, 4) is 5.88 Å². The lowest BCUT2D eigenvalue weighted by Gasteiger charge is -2.12. The van der Waals surface area contributed by atoms with E-state index in [-0.39, 0.29) is 12.1 Å². The summed E-state index contributed by atoms with van der Waals surface area (Å²) in [6, 6.07) is 3.47. The number of hydrogen-bond donors (Lipinski definition) is 2. The first-order valence-electron chi connectivity index (χ1n) is 6.41. The zero-order chi connectivity index (χ0) is 13.5. The smallest absolute Gasteiger partial charge is 0.315 e. The van der Waals surface area contributed by atoms with Gasteiger partial charge >= 0.3 is 6.03 Å². The van der Waals surface area contributed by atoms with Gasteiger partial charge in [0.05, 0.1) is 13.2 Å². The molecule has 1 aromatic heterocycles. The highest BCUT2D eigenvalue weighted by atomic mass is 16.5. The molecule has 2 heterocycles. The number of nitrogens with zero attached hydrogens (tertiary/aromatic N) is 1.